The standard InChI is InChI=1S/C4H6BrFO/c5-4(6)1-3(4)2-7/h3,7H,1-2H2. The van der Waals surface area contributed by atoms with Crippen LogP contribution in [0.1, 0.15) is 6.42 Å². The van der Waals surface area contributed by atoms with E-state index < -0.39 is 4.58 Å². The minimum absolute atomic E-state index is 0.0399. The van der Waals surface area contributed by atoms with Gasteiger partial charge in [0.05, 0.1) is 0 Å². The van der Waals surface area contributed by atoms with Gasteiger partial charge in [-0.05, 0) is 15.9 Å². The van der Waals surface area contributed by atoms with E-state index in [9.17, 15) is 4.39 Å². The van der Waals surface area contributed by atoms with Crippen LogP contribution in [0.25, 0.3) is 0 Å². The highest BCUT2D eigenvalue weighted by atomic mass is 79.9. The predicted molar refractivity (Wildman–Crippen MR) is 28.0 cm³/mol. The normalized spacial score (nSPS) is 49.3. The van der Waals surface area contributed by atoms with Crippen molar-refractivity contribution in [3.8, 4) is 0 Å². The van der Waals surface area contributed by atoms with Crippen LogP contribution in [0.15, 0.2) is 0 Å². The summed E-state index contributed by atoms with van der Waals surface area (Å²) in [6.07, 6.45) is 0.462. The molecule has 2 unspecified atom stereocenters. The third kappa shape index (κ3) is 0.941. The zero-order valence-corrected chi connectivity index (χ0v) is 5.28. The number of rotatable bonds is 1. The van der Waals surface area contributed by atoms with Gasteiger partial charge in [0.2, 0.25) is 0 Å². The van der Waals surface area contributed by atoms with Crippen LogP contribution in [0.4, 0.5) is 4.39 Å². The van der Waals surface area contributed by atoms with E-state index >= 15 is 0 Å². The smallest absolute Gasteiger partial charge is 0.170 e. The van der Waals surface area contributed by atoms with Crippen molar-refractivity contribution in [2.75, 3.05) is 6.61 Å². The van der Waals surface area contributed by atoms with Crippen molar-refractivity contribution in [3.05, 3.63) is 0 Å². The van der Waals surface area contributed by atoms with E-state index in [1.165, 1.54) is 0 Å². The van der Waals surface area contributed by atoms with Crippen LogP contribution in [-0.2, 0) is 0 Å². The molecule has 0 spiro atoms. The Bertz CT molecular complexity index is 83.8. The average molecular weight is 169 g/mol. The van der Waals surface area contributed by atoms with Crippen LogP contribution in [0.2, 0.25) is 0 Å². The van der Waals surface area contributed by atoms with Crippen LogP contribution in [0, 0.1) is 5.92 Å². The van der Waals surface area contributed by atoms with Crippen molar-refractivity contribution in [1.82, 2.24) is 0 Å². The van der Waals surface area contributed by atoms with E-state index in [0.717, 1.165) is 0 Å². The molecule has 0 saturated heterocycles. The first-order valence-electron chi connectivity index (χ1n) is 2.15. The van der Waals surface area contributed by atoms with E-state index in [4.69, 9.17) is 5.11 Å². The lowest BCUT2D eigenvalue weighted by Gasteiger charge is -1.88. The Balaban J connectivity index is 2.30. The summed E-state index contributed by atoms with van der Waals surface area (Å²) in [6, 6.07) is 0. The van der Waals surface area contributed by atoms with Gasteiger partial charge >= 0.3 is 0 Å². The zero-order chi connectivity index (χ0) is 5.49. The number of hydrogen-bond acceptors (Lipinski definition) is 1. The monoisotopic (exact) mass is 168 g/mol. The molecule has 0 heterocycles. The van der Waals surface area contributed by atoms with Crippen molar-refractivity contribution < 1.29 is 9.50 Å². The van der Waals surface area contributed by atoms with Gasteiger partial charge in [-0.25, -0.2) is 4.39 Å². The summed E-state index contributed by atoms with van der Waals surface area (Å²) in [6.45, 7) is -0.0399. The first-order valence-corrected chi connectivity index (χ1v) is 2.95. The Kier molecular flexibility index (Phi) is 1.12. The fourth-order valence-electron chi connectivity index (χ4n) is 0.468. The average Bonchev–Trinajstić information content (AvgIpc) is 2.13. The Morgan fingerprint density at radius 3 is 2.43 bits per heavy atom. The van der Waals surface area contributed by atoms with Crippen LogP contribution in [-0.4, -0.2) is 16.3 Å². The fraction of sp³-hybridized carbons (Fsp3) is 1.00. The topological polar surface area (TPSA) is 20.2 Å². The summed E-state index contributed by atoms with van der Waals surface area (Å²) >= 11 is 2.79. The predicted octanol–water partition coefficient (Wildman–Crippen LogP) is 1.06. The highest BCUT2D eigenvalue weighted by molar-refractivity contribution is 9.10. The Morgan fingerprint density at radius 1 is 2.00 bits per heavy atom. The van der Waals surface area contributed by atoms with Gasteiger partial charge in [0.1, 0.15) is 0 Å². The quantitative estimate of drug-likeness (QED) is 0.581. The Morgan fingerprint density at radius 2 is 2.43 bits per heavy atom. The summed E-state index contributed by atoms with van der Waals surface area (Å²) in [5, 5.41) is 8.27. The Hall–Kier alpha value is 0.370. The molecular formula is C4H6BrFO. The fourth-order valence-corrected chi connectivity index (χ4v) is 1.00. The minimum atomic E-state index is -1.22. The van der Waals surface area contributed by atoms with Crippen LogP contribution in [0.5, 0.6) is 0 Å². The number of hydrogen-bond donors (Lipinski definition) is 1. The molecule has 2 atom stereocenters. The molecule has 1 saturated carbocycles. The molecule has 0 aliphatic heterocycles. The molecule has 0 radical (unpaired) electrons. The maximum absolute atomic E-state index is 12.2. The van der Waals surface area contributed by atoms with Crippen LogP contribution >= 0.6 is 15.9 Å². The number of alkyl halides is 2. The molecule has 0 aromatic heterocycles. The minimum Gasteiger partial charge on any atom is -0.396 e. The molecule has 7 heavy (non-hydrogen) atoms. The molecule has 1 aliphatic carbocycles. The summed E-state index contributed by atoms with van der Waals surface area (Å²) in [5.74, 6) is -0.146. The Labute approximate surface area is 49.7 Å². The molecule has 1 N–H and O–H groups in total. The van der Waals surface area contributed by atoms with E-state index in [-0.39, 0.29) is 12.5 Å². The number of halogens is 2. The molecule has 0 aromatic carbocycles. The van der Waals surface area contributed by atoms with Crippen LogP contribution in [0.3, 0.4) is 0 Å². The summed E-state index contributed by atoms with van der Waals surface area (Å²) in [4.78, 5) is 0. The van der Waals surface area contributed by atoms with E-state index in [2.05, 4.69) is 15.9 Å². The molecular weight excluding hydrogens is 163 g/mol. The second-order valence-electron chi connectivity index (χ2n) is 1.84. The highest BCUT2D eigenvalue weighted by Gasteiger charge is 2.52. The van der Waals surface area contributed by atoms with E-state index in [0.29, 0.717) is 6.42 Å². The molecule has 0 aromatic rings. The number of aliphatic hydroxyl groups excluding tert-OH is 1. The van der Waals surface area contributed by atoms with Gasteiger partial charge in [-0.15, -0.1) is 0 Å². The van der Waals surface area contributed by atoms with Crippen molar-refractivity contribution in [3.63, 3.8) is 0 Å². The molecule has 1 rings (SSSR count). The summed E-state index contributed by atoms with van der Waals surface area (Å²) in [7, 11) is 0. The highest BCUT2D eigenvalue weighted by Crippen LogP contribution is 2.51. The zero-order valence-electron chi connectivity index (χ0n) is 3.69. The number of aliphatic hydroxyl groups is 1. The van der Waals surface area contributed by atoms with Gasteiger partial charge in [0.25, 0.3) is 0 Å². The van der Waals surface area contributed by atoms with Crippen molar-refractivity contribution in [2.24, 2.45) is 5.92 Å². The lowest BCUT2D eigenvalue weighted by atomic mass is 10.5. The molecule has 1 fully saturated rings. The second kappa shape index (κ2) is 1.42. The maximum Gasteiger partial charge on any atom is 0.170 e. The van der Waals surface area contributed by atoms with Crippen molar-refractivity contribution in [2.45, 2.75) is 11.0 Å². The molecule has 0 amide bonds. The van der Waals surface area contributed by atoms with Crippen LogP contribution < -0.4 is 0 Å². The third-order valence-corrected chi connectivity index (χ3v) is 2.15. The molecule has 3 heteroatoms. The lowest BCUT2D eigenvalue weighted by Crippen LogP contribution is -1.94. The van der Waals surface area contributed by atoms with Gasteiger partial charge in [0.15, 0.2) is 4.58 Å². The van der Waals surface area contributed by atoms with E-state index in [1.807, 2.05) is 0 Å². The van der Waals surface area contributed by atoms with Gasteiger partial charge in [-0.2, -0.15) is 0 Å². The SMILES string of the molecule is OCC1CC1(F)Br. The molecule has 0 bridgehead atoms. The van der Waals surface area contributed by atoms with Gasteiger partial charge < -0.3 is 5.11 Å². The third-order valence-electron chi connectivity index (χ3n) is 1.18. The van der Waals surface area contributed by atoms with Gasteiger partial charge in [-0.1, -0.05) is 0 Å². The largest absolute Gasteiger partial charge is 0.396 e. The van der Waals surface area contributed by atoms with Gasteiger partial charge in [-0.3, -0.25) is 0 Å². The summed E-state index contributed by atoms with van der Waals surface area (Å²) < 4.78 is 11.0. The maximum atomic E-state index is 12.2. The first kappa shape index (κ1) is 5.51. The van der Waals surface area contributed by atoms with Gasteiger partial charge in [0, 0.05) is 18.9 Å². The summed E-state index contributed by atoms with van der Waals surface area (Å²) in [5.41, 5.74) is 0. The van der Waals surface area contributed by atoms with Crippen molar-refractivity contribution in [1.29, 1.82) is 0 Å². The molecule has 42 valence electrons. The molecule has 1 nitrogen and oxygen atoms in total. The lowest BCUT2D eigenvalue weighted by molar-refractivity contribution is 0.252. The van der Waals surface area contributed by atoms with Crippen molar-refractivity contribution >= 4 is 15.9 Å². The first-order chi connectivity index (χ1) is 3.17. The van der Waals surface area contributed by atoms with E-state index in [1.54, 1.807) is 0 Å². The molecule has 1 aliphatic rings. The second-order valence-corrected chi connectivity index (χ2v) is 3.16.